The summed E-state index contributed by atoms with van der Waals surface area (Å²) in [5.41, 5.74) is -0.508. The second-order valence-electron chi connectivity index (χ2n) is 6.48. The van der Waals surface area contributed by atoms with E-state index in [1.165, 1.54) is 0 Å². The molecule has 0 bridgehead atoms. The zero-order chi connectivity index (χ0) is 14.8. The Kier molecular flexibility index (Phi) is 4.82. The molecule has 0 aliphatic carbocycles. The minimum atomic E-state index is -0.985. The molecule has 0 aromatic carbocycles. The lowest BCUT2D eigenvalue weighted by atomic mass is 9.87. The number of aliphatic carboxylic acids is 1. The van der Waals surface area contributed by atoms with E-state index in [-0.39, 0.29) is 18.1 Å². The summed E-state index contributed by atoms with van der Waals surface area (Å²) in [5.74, 6) is -0.985. The zero-order valence-corrected chi connectivity index (χ0v) is 12.6. The lowest BCUT2D eigenvalue weighted by Gasteiger charge is -2.33. The monoisotopic (exact) mass is 270 g/mol. The molecule has 0 radical (unpaired) electrons. The number of hydrogen-bond donors (Lipinski definition) is 2. The summed E-state index contributed by atoms with van der Waals surface area (Å²) < 4.78 is 0. The Morgan fingerprint density at radius 2 is 1.95 bits per heavy atom. The third-order valence-electron chi connectivity index (χ3n) is 3.87. The molecule has 19 heavy (non-hydrogen) atoms. The van der Waals surface area contributed by atoms with Crippen molar-refractivity contribution in [3.8, 4) is 0 Å². The number of carbonyl (C=O) groups excluding carboxylic acids is 1. The molecule has 110 valence electrons. The van der Waals surface area contributed by atoms with Crippen molar-refractivity contribution in [3.63, 3.8) is 0 Å². The van der Waals surface area contributed by atoms with Crippen LogP contribution in [0, 0.1) is 5.41 Å². The maximum absolute atomic E-state index is 12.3. The third kappa shape index (κ3) is 3.61. The zero-order valence-electron chi connectivity index (χ0n) is 12.6. The third-order valence-corrected chi connectivity index (χ3v) is 3.87. The molecular formula is C14H26N2O3. The fraction of sp³-hybridized carbons (Fsp3) is 0.857. The molecule has 1 heterocycles. The van der Waals surface area contributed by atoms with Gasteiger partial charge in [0.15, 0.2) is 0 Å². The van der Waals surface area contributed by atoms with Gasteiger partial charge >= 0.3 is 12.0 Å². The number of hydrogen-bond acceptors (Lipinski definition) is 2. The summed E-state index contributed by atoms with van der Waals surface area (Å²) in [7, 11) is 0. The predicted molar refractivity (Wildman–Crippen MR) is 74.0 cm³/mol. The van der Waals surface area contributed by atoms with Crippen LogP contribution < -0.4 is 5.32 Å². The van der Waals surface area contributed by atoms with Crippen LogP contribution >= 0.6 is 0 Å². The number of amides is 2. The highest BCUT2D eigenvalue weighted by Crippen LogP contribution is 2.27. The first kappa shape index (κ1) is 15.8. The summed E-state index contributed by atoms with van der Waals surface area (Å²) in [5, 5.41) is 11.9. The van der Waals surface area contributed by atoms with Crippen LogP contribution in [0.4, 0.5) is 4.79 Å². The second-order valence-corrected chi connectivity index (χ2v) is 6.48. The van der Waals surface area contributed by atoms with Crippen LogP contribution in [0.3, 0.4) is 0 Å². The van der Waals surface area contributed by atoms with Crippen LogP contribution in [-0.4, -0.2) is 40.1 Å². The number of nitrogens with one attached hydrogen (secondary N) is 1. The summed E-state index contributed by atoms with van der Waals surface area (Å²) in [4.78, 5) is 25.4. The van der Waals surface area contributed by atoms with Crippen molar-refractivity contribution in [1.29, 1.82) is 0 Å². The smallest absolute Gasteiger partial charge is 0.326 e. The number of carbonyl (C=O) groups is 2. The van der Waals surface area contributed by atoms with Gasteiger partial charge in [0.2, 0.25) is 0 Å². The molecule has 5 heteroatoms. The van der Waals surface area contributed by atoms with Crippen LogP contribution in [0.25, 0.3) is 0 Å². The van der Waals surface area contributed by atoms with E-state index < -0.39 is 17.4 Å². The maximum atomic E-state index is 12.3. The highest BCUT2D eigenvalue weighted by molar-refractivity contribution is 5.83. The highest BCUT2D eigenvalue weighted by Gasteiger charge is 2.38. The Morgan fingerprint density at radius 1 is 1.37 bits per heavy atom. The van der Waals surface area contributed by atoms with E-state index in [0.717, 1.165) is 19.3 Å². The lowest BCUT2D eigenvalue weighted by Crippen LogP contribution is -2.55. The topological polar surface area (TPSA) is 69.6 Å². The van der Waals surface area contributed by atoms with Crippen LogP contribution in [0.1, 0.15) is 53.9 Å². The molecule has 1 rings (SSSR count). The molecule has 1 aliphatic heterocycles. The molecule has 0 aromatic heterocycles. The van der Waals surface area contributed by atoms with E-state index >= 15 is 0 Å². The number of nitrogens with zero attached hydrogens (tertiary/aromatic N) is 1. The normalized spacial score (nSPS) is 25.2. The van der Waals surface area contributed by atoms with Crippen LogP contribution in [0.15, 0.2) is 0 Å². The first-order valence-electron chi connectivity index (χ1n) is 7.00. The Labute approximate surface area is 115 Å². The van der Waals surface area contributed by atoms with Crippen molar-refractivity contribution >= 4 is 12.0 Å². The maximum Gasteiger partial charge on any atom is 0.326 e. The van der Waals surface area contributed by atoms with E-state index in [0.29, 0.717) is 0 Å². The molecule has 1 saturated heterocycles. The van der Waals surface area contributed by atoms with Crippen molar-refractivity contribution in [1.82, 2.24) is 10.2 Å². The Morgan fingerprint density at radius 3 is 2.37 bits per heavy atom. The molecule has 2 N–H and O–H groups in total. The predicted octanol–water partition coefficient (Wildman–Crippen LogP) is 2.46. The SMILES string of the molecule is CCC1CCC(C)N1C(=O)N[C@H](C(=O)O)C(C)(C)C. The Hall–Kier alpha value is -1.26. The van der Waals surface area contributed by atoms with E-state index in [2.05, 4.69) is 12.2 Å². The van der Waals surface area contributed by atoms with Crippen molar-refractivity contribution in [3.05, 3.63) is 0 Å². The van der Waals surface area contributed by atoms with Crippen molar-refractivity contribution in [2.45, 2.75) is 72.0 Å². The number of urea groups is 1. The van der Waals surface area contributed by atoms with Gasteiger partial charge in [0, 0.05) is 12.1 Å². The van der Waals surface area contributed by atoms with Gasteiger partial charge in [-0.3, -0.25) is 0 Å². The van der Waals surface area contributed by atoms with Gasteiger partial charge in [-0.15, -0.1) is 0 Å². The van der Waals surface area contributed by atoms with Gasteiger partial charge in [0.1, 0.15) is 6.04 Å². The highest BCUT2D eigenvalue weighted by atomic mass is 16.4. The Bertz CT molecular complexity index is 349. The van der Waals surface area contributed by atoms with Crippen LogP contribution in [-0.2, 0) is 4.79 Å². The summed E-state index contributed by atoms with van der Waals surface area (Å²) in [6.45, 7) is 9.52. The van der Waals surface area contributed by atoms with Gasteiger partial charge in [-0.05, 0) is 31.6 Å². The average Bonchev–Trinajstić information content (AvgIpc) is 2.65. The van der Waals surface area contributed by atoms with Gasteiger partial charge in [-0.2, -0.15) is 0 Å². The summed E-state index contributed by atoms with van der Waals surface area (Å²) in [6.07, 6.45) is 2.89. The molecular weight excluding hydrogens is 244 g/mol. The van der Waals surface area contributed by atoms with Crippen molar-refractivity contribution in [2.24, 2.45) is 5.41 Å². The number of likely N-dealkylation sites (tertiary alicyclic amines) is 1. The van der Waals surface area contributed by atoms with Gasteiger partial charge in [-0.25, -0.2) is 9.59 Å². The molecule has 1 fully saturated rings. The summed E-state index contributed by atoms with van der Waals surface area (Å²) >= 11 is 0. The first-order valence-corrected chi connectivity index (χ1v) is 7.00. The number of carboxylic acids is 1. The molecule has 1 aliphatic rings. The fourth-order valence-electron chi connectivity index (χ4n) is 2.69. The van der Waals surface area contributed by atoms with Crippen LogP contribution in [0.2, 0.25) is 0 Å². The molecule has 0 spiro atoms. The van der Waals surface area contributed by atoms with Gasteiger partial charge in [0.05, 0.1) is 0 Å². The first-order chi connectivity index (χ1) is 8.68. The average molecular weight is 270 g/mol. The number of carboxylic acid groups (broad SMARTS) is 1. The van der Waals surface area contributed by atoms with Gasteiger partial charge in [0.25, 0.3) is 0 Å². The molecule has 2 unspecified atom stereocenters. The fourth-order valence-corrected chi connectivity index (χ4v) is 2.69. The second kappa shape index (κ2) is 5.80. The number of rotatable bonds is 3. The van der Waals surface area contributed by atoms with E-state index in [1.807, 2.05) is 32.6 Å². The lowest BCUT2D eigenvalue weighted by molar-refractivity contribution is -0.142. The van der Waals surface area contributed by atoms with Crippen molar-refractivity contribution < 1.29 is 14.7 Å². The molecule has 0 aromatic rings. The largest absolute Gasteiger partial charge is 0.480 e. The minimum absolute atomic E-state index is 0.180. The van der Waals surface area contributed by atoms with Crippen molar-refractivity contribution in [2.75, 3.05) is 0 Å². The quantitative estimate of drug-likeness (QED) is 0.827. The molecule has 0 saturated carbocycles. The molecule has 3 atom stereocenters. The van der Waals surface area contributed by atoms with E-state index in [9.17, 15) is 14.7 Å². The van der Waals surface area contributed by atoms with Gasteiger partial charge in [-0.1, -0.05) is 27.7 Å². The minimum Gasteiger partial charge on any atom is -0.480 e. The molecule has 5 nitrogen and oxygen atoms in total. The van der Waals surface area contributed by atoms with E-state index in [1.54, 1.807) is 0 Å². The summed E-state index contributed by atoms with van der Waals surface area (Å²) in [6, 6.07) is -0.715. The van der Waals surface area contributed by atoms with E-state index in [4.69, 9.17) is 0 Å². The van der Waals surface area contributed by atoms with Gasteiger partial charge < -0.3 is 15.3 Å². The van der Waals surface area contributed by atoms with Crippen LogP contribution in [0.5, 0.6) is 0 Å². The Balaban J connectivity index is 2.80. The molecule has 2 amide bonds. The standard InChI is InChI=1S/C14H26N2O3/c1-6-10-8-7-9(2)16(10)13(19)15-11(12(17)18)14(3,4)5/h9-11H,6-8H2,1-5H3,(H,15,19)(H,17,18)/t9?,10?,11-/m1/s1.